The molecule has 1 fully saturated rings. The lowest BCUT2D eigenvalue weighted by atomic mass is 9.85. The summed E-state index contributed by atoms with van der Waals surface area (Å²) in [5.41, 5.74) is -0.476. The summed E-state index contributed by atoms with van der Waals surface area (Å²) in [6.45, 7) is 11.6. The first kappa shape index (κ1) is 17.0. The van der Waals surface area contributed by atoms with Crippen molar-refractivity contribution in [3.05, 3.63) is 0 Å². The number of likely N-dealkylation sites (N-methyl/N-ethyl adjacent to an activating group) is 1. The van der Waals surface area contributed by atoms with Gasteiger partial charge in [0, 0.05) is 25.6 Å². The van der Waals surface area contributed by atoms with Crippen LogP contribution in [0.25, 0.3) is 0 Å². The summed E-state index contributed by atoms with van der Waals surface area (Å²) < 4.78 is 0. The van der Waals surface area contributed by atoms with Crippen molar-refractivity contribution in [2.24, 2.45) is 5.41 Å². The first-order valence-electron chi connectivity index (χ1n) is 7.52. The molecule has 0 aromatic carbocycles. The Morgan fingerprint density at radius 2 is 1.85 bits per heavy atom. The number of carbonyl (C=O) groups excluding carboxylic acids is 1. The molecule has 0 aliphatic carbocycles. The number of rotatable bonds is 7. The zero-order valence-corrected chi connectivity index (χ0v) is 13.2. The second kappa shape index (κ2) is 7.07. The van der Waals surface area contributed by atoms with Crippen LogP contribution in [0.5, 0.6) is 0 Å². The van der Waals surface area contributed by atoms with Gasteiger partial charge in [0.25, 0.3) is 0 Å². The van der Waals surface area contributed by atoms with Gasteiger partial charge < -0.3 is 10.0 Å². The van der Waals surface area contributed by atoms with E-state index in [0.717, 1.165) is 32.6 Å². The van der Waals surface area contributed by atoms with Crippen LogP contribution in [0.2, 0.25) is 0 Å². The molecule has 1 rings (SSSR count). The van der Waals surface area contributed by atoms with Crippen molar-refractivity contribution in [1.82, 2.24) is 9.80 Å². The zero-order chi connectivity index (χ0) is 15.3. The number of likely N-dealkylation sites (tertiary alicyclic amines) is 1. The number of carbonyl (C=O) groups is 2. The molecule has 1 aliphatic rings. The van der Waals surface area contributed by atoms with E-state index in [1.807, 2.05) is 18.7 Å². The molecular weight excluding hydrogens is 256 g/mol. The van der Waals surface area contributed by atoms with Crippen LogP contribution in [0.1, 0.15) is 47.0 Å². The van der Waals surface area contributed by atoms with E-state index in [1.165, 1.54) is 0 Å². The maximum Gasteiger partial charge on any atom is 0.303 e. The van der Waals surface area contributed by atoms with Crippen LogP contribution in [0.4, 0.5) is 0 Å². The molecule has 116 valence electrons. The highest BCUT2D eigenvalue weighted by atomic mass is 16.4. The fraction of sp³-hybridized carbons (Fsp3) is 0.867. The minimum Gasteiger partial charge on any atom is -0.481 e. The second-order valence-electron chi connectivity index (χ2n) is 6.41. The predicted molar refractivity (Wildman–Crippen MR) is 78.6 cm³/mol. The fourth-order valence-corrected chi connectivity index (χ4v) is 3.00. The maximum absolute atomic E-state index is 12.3. The quantitative estimate of drug-likeness (QED) is 0.774. The largest absolute Gasteiger partial charge is 0.481 e. The second-order valence-corrected chi connectivity index (χ2v) is 6.41. The summed E-state index contributed by atoms with van der Waals surface area (Å²) >= 11 is 0. The van der Waals surface area contributed by atoms with Gasteiger partial charge in [-0.15, -0.1) is 0 Å². The van der Waals surface area contributed by atoms with E-state index >= 15 is 0 Å². The highest BCUT2D eigenvalue weighted by molar-refractivity contribution is 5.78. The summed E-state index contributed by atoms with van der Waals surface area (Å²) in [7, 11) is 0. The Labute approximate surface area is 121 Å². The molecule has 0 aromatic rings. The average molecular weight is 284 g/mol. The lowest BCUT2D eigenvalue weighted by molar-refractivity contribution is -0.140. The van der Waals surface area contributed by atoms with E-state index < -0.39 is 11.4 Å². The summed E-state index contributed by atoms with van der Waals surface area (Å²) in [5.74, 6) is -0.754. The van der Waals surface area contributed by atoms with Crippen LogP contribution >= 0.6 is 0 Å². The highest BCUT2D eigenvalue weighted by Crippen LogP contribution is 2.27. The van der Waals surface area contributed by atoms with Crippen molar-refractivity contribution in [3.63, 3.8) is 0 Å². The number of nitrogens with zero attached hydrogens (tertiary/aromatic N) is 2. The molecule has 20 heavy (non-hydrogen) atoms. The van der Waals surface area contributed by atoms with Gasteiger partial charge in [0.1, 0.15) is 0 Å². The topological polar surface area (TPSA) is 60.9 Å². The SMILES string of the molecule is CCN(CC)C1CCN(C(=O)CC(C)(C)CC(=O)O)C1. The van der Waals surface area contributed by atoms with E-state index in [-0.39, 0.29) is 12.3 Å². The van der Waals surface area contributed by atoms with Crippen molar-refractivity contribution in [1.29, 1.82) is 0 Å². The van der Waals surface area contributed by atoms with Crippen molar-refractivity contribution < 1.29 is 14.7 Å². The standard InChI is InChI=1S/C15H28N2O3/c1-5-16(6-2)12-7-8-17(11-12)13(18)9-15(3,4)10-14(19)20/h12H,5-11H2,1-4H3,(H,19,20). The van der Waals surface area contributed by atoms with Gasteiger partial charge in [0.2, 0.25) is 5.91 Å². The van der Waals surface area contributed by atoms with E-state index in [2.05, 4.69) is 18.7 Å². The highest BCUT2D eigenvalue weighted by Gasteiger charge is 2.32. The van der Waals surface area contributed by atoms with Crippen molar-refractivity contribution in [3.8, 4) is 0 Å². The Morgan fingerprint density at radius 1 is 1.25 bits per heavy atom. The van der Waals surface area contributed by atoms with Gasteiger partial charge in [-0.2, -0.15) is 0 Å². The lowest BCUT2D eigenvalue weighted by Gasteiger charge is -2.28. The van der Waals surface area contributed by atoms with Crippen LogP contribution in [0, 0.1) is 5.41 Å². The molecule has 1 aliphatic heterocycles. The predicted octanol–water partition coefficient (Wildman–Crippen LogP) is 1.82. The maximum atomic E-state index is 12.3. The average Bonchev–Trinajstić information content (AvgIpc) is 2.77. The molecule has 1 atom stereocenters. The van der Waals surface area contributed by atoms with Gasteiger partial charge in [-0.3, -0.25) is 14.5 Å². The van der Waals surface area contributed by atoms with Gasteiger partial charge in [-0.05, 0) is 24.9 Å². The number of hydrogen-bond donors (Lipinski definition) is 1. The summed E-state index contributed by atoms with van der Waals surface area (Å²) in [6.07, 6.45) is 1.36. The van der Waals surface area contributed by atoms with Crippen LogP contribution in [0.3, 0.4) is 0 Å². The van der Waals surface area contributed by atoms with Crippen molar-refractivity contribution in [2.45, 2.75) is 53.0 Å². The molecule has 5 heteroatoms. The minimum atomic E-state index is -0.842. The monoisotopic (exact) mass is 284 g/mol. The molecule has 0 radical (unpaired) electrons. The molecule has 1 unspecified atom stereocenters. The summed E-state index contributed by atoms with van der Waals surface area (Å²) in [4.78, 5) is 27.4. The first-order valence-corrected chi connectivity index (χ1v) is 7.52. The van der Waals surface area contributed by atoms with E-state index in [4.69, 9.17) is 5.11 Å². The van der Waals surface area contributed by atoms with Crippen LogP contribution < -0.4 is 0 Å². The van der Waals surface area contributed by atoms with Crippen molar-refractivity contribution in [2.75, 3.05) is 26.2 Å². The third-order valence-corrected chi connectivity index (χ3v) is 4.10. The molecule has 5 nitrogen and oxygen atoms in total. The van der Waals surface area contributed by atoms with Crippen molar-refractivity contribution >= 4 is 11.9 Å². The van der Waals surface area contributed by atoms with E-state index in [1.54, 1.807) is 0 Å². The number of aliphatic carboxylic acids is 1. The smallest absolute Gasteiger partial charge is 0.303 e. The van der Waals surface area contributed by atoms with E-state index in [9.17, 15) is 9.59 Å². The van der Waals surface area contributed by atoms with Gasteiger partial charge in [-0.25, -0.2) is 0 Å². The van der Waals surface area contributed by atoms with Crippen LogP contribution in [-0.2, 0) is 9.59 Å². The number of carboxylic acids is 1. The first-order chi connectivity index (χ1) is 9.29. The molecule has 1 amide bonds. The van der Waals surface area contributed by atoms with Gasteiger partial charge >= 0.3 is 5.97 Å². The Morgan fingerprint density at radius 3 is 2.35 bits per heavy atom. The third kappa shape index (κ3) is 4.78. The molecule has 1 heterocycles. The number of carboxylic acid groups (broad SMARTS) is 1. The lowest BCUT2D eigenvalue weighted by Crippen LogP contribution is -2.39. The Bertz CT molecular complexity index is 351. The molecule has 0 aromatic heterocycles. The molecule has 0 bridgehead atoms. The fourth-order valence-electron chi connectivity index (χ4n) is 3.00. The Kier molecular flexibility index (Phi) is 5.99. The molecule has 0 spiro atoms. The number of hydrogen-bond acceptors (Lipinski definition) is 3. The van der Waals surface area contributed by atoms with E-state index in [0.29, 0.717) is 12.5 Å². The summed E-state index contributed by atoms with van der Waals surface area (Å²) in [6, 6.07) is 0.455. The normalized spacial score (nSPS) is 19.6. The van der Waals surface area contributed by atoms with Gasteiger partial charge in [0.05, 0.1) is 6.42 Å². The Hall–Kier alpha value is -1.10. The van der Waals surface area contributed by atoms with Crippen LogP contribution in [0.15, 0.2) is 0 Å². The molecule has 1 saturated heterocycles. The third-order valence-electron chi connectivity index (χ3n) is 4.10. The minimum absolute atomic E-state index is 0.0338. The molecular formula is C15H28N2O3. The number of amides is 1. The Balaban J connectivity index is 2.52. The molecule has 0 saturated carbocycles. The van der Waals surface area contributed by atoms with Gasteiger partial charge in [0.15, 0.2) is 0 Å². The van der Waals surface area contributed by atoms with Gasteiger partial charge in [-0.1, -0.05) is 27.7 Å². The molecule has 1 N–H and O–H groups in total. The zero-order valence-electron chi connectivity index (χ0n) is 13.2. The summed E-state index contributed by atoms with van der Waals surface area (Å²) in [5, 5.41) is 8.87. The van der Waals surface area contributed by atoms with Crippen LogP contribution in [-0.4, -0.2) is 59.0 Å².